The number of fused-ring (bicyclic) bond motifs is 1. The van der Waals surface area contributed by atoms with Gasteiger partial charge in [-0.3, -0.25) is 33.8 Å². The van der Waals surface area contributed by atoms with E-state index in [1.54, 1.807) is 26.2 Å². The summed E-state index contributed by atoms with van der Waals surface area (Å²) in [6, 6.07) is 3.79. The molecule has 0 saturated carbocycles. The van der Waals surface area contributed by atoms with Gasteiger partial charge in [-0.25, -0.2) is 0 Å². The van der Waals surface area contributed by atoms with Gasteiger partial charge in [-0.1, -0.05) is 6.07 Å². The second-order valence-electron chi connectivity index (χ2n) is 6.65. The van der Waals surface area contributed by atoms with E-state index in [0.717, 1.165) is 9.80 Å². The zero-order valence-electron chi connectivity index (χ0n) is 16.2. The summed E-state index contributed by atoms with van der Waals surface area (Å²) in [5, 5.41) is 5.51. The van der Waals surface area contributed by atoms with E-state index in [-0.39, 0.29) is 43.7 Å². The molecule has 1 aromatic rings. The second kappa shape index (κ2) is 8.39. The van der Waals surface area contributed by atoms with Crippen molar-refractivity contribution >= 4 is 35.3 Å². The highest BCUT2D eigenvalue weighted by Crippen LogP contribution is 2.33. The lowest BCUT2D eigenvalue weighted by atomic mass is 10.0. The van der Waals surface area contributed by atoms with E-state index in [1.807, 2.05) is 0 Å². The Kier molecular flexibility index (Phi) is 5.92. The Morgan fingerprint density at radius 1 is 1.17 bits per heavy atom. The number of ether oxygens (including phenoxy) is 1. The van der Waals surface area contributed by atoms with Gasteiger partial charge in [0.2, 0.25) is 5.91 Å². The van der Waals surface area contributed by atoms with Gasteiger partial charge in [-0.2, -0.15) is 0 Å². The van der Waals surface area contributed by atoms with Crippen LogP contribution in [0.4, 0.5) is 5.69 Å². The molecular weight excluding hydrogens is 380 g/mol. The number of esters is 1. The first-order valence-corrected chi connectivity index (χ1v) is 9.23. The summed E-state index contributed by atoms with van der Waals surface area (Å²) in [6.07, 6.45) is 0.0707. The molecular formula is C19H22N4O6. The van der Waals surface area contributed by atoms with Crippen molar-refractivity contribution in [2.45, 2.75) is 18.9 Å². The number of piperidine rings is 1. The Balaban J connectivity index is 1.77. The van der Waals surface area contributed by atoms with Crippen molar-refractivity contribution in [3.05, 3.63) is 29.3 Å². The molecule has 0 aromatic heterocycles. The van der Waals surface area contributed by atoms with Gasteiger partial charge in [0.15, 0.2) is 0 Å². The van der Waals surface area contributed by atoms with Gasteiger partial charge >= 0.3 is 5.97 Å². The molecule has 0 spiro atoms. The second-order valence-corrected chi connectivity index (χ2v) is 6.65. The van der Waals surface area contributed by atoms with Gasteiger partial charge < -0.3 is 15.4 Å². The summed E-state index contributed by atoms with van der Waals surface area (Å²) >= 11 is 0. The van der Waals surface area contributed by atoms with E-state index in [4.69, 9.17) is 4.74 Å². The number of hydrogen-bond donors (Lipinski definition) is 2. The van der Waals surface area contributed by atoms with Crippen molar-refractivity contribution in [3.63, 3.8) is 0 Å². The van der Waals surface area contributed by atoms with Crippen LogP contribution in [0.2, 0.25) is 0 Å². The highest BCUT2D eigenvalue weighted by Gasteiger charge is 2.47. The predicted octanol–water partition coefficient (Wildman–Crippen LogP) is -0.395. The summed E-state index contributed by atoms with van der Waals surface area (Å²) in [4.78, 5) is 64.2. The average Bonchev–Trinajstić information content (AvgIpc) is 2.96. The summed E-state index contributed by atoms with van der Waals surface area (Å²) < 4.78 is 4.96. The number of rotatable bonds is 7. The molecule has 0 bridgehead atoms. The molecule has 2 aliphatic heterocycles. The number of carbonyl (C=O) groups excluding carboxylic acids is 5. The van der Waals surface area contributed by atoms with Gasteiger partial charge in [-0.15, -0.1) is 0 Å². The van der Waals surface area contributed by atoms with Gasteiger partial charge in [0.1, 0.15) is 12.6 Å². The number of carbonyl (C=O) groups is 5. The molecule has 1 fully saturated rings. The number of nitrogens with one attached hydrogen (secondary N) is 2. The topological polar surface area (TPSA) is 125 Å². The Labute approximate surface area is 167 Å². The minimum absolute atomic E-state index is 0.00710. The van der Waals surface area contributed by atoms with Crippen LogP contribution in [0.3, 0.4) is 0 Å². The molecule has 0 radical (unpaired) electrons. The van der Waals surface area contributed by atoms with Crippen LogP contribution in [0.1, 0.15) is 33.6 Å². The molecule has 29 heavy (non-hydrogen) atoms. The first kappa shape index (κ1) is 20.5. The largest absolute Gasteiger partial charge is 0.463 e. The van der Waals surface area contributed by atoms with Crippen LogP contribution in [0, 0.1) is 0 Å². The van der Waals surface area contributed by atoms with Crippen LogP contribution in [-0.4, -0.2) is 79.2 Å². The highest BCUT2D eigenvalue weighted by molar-refractivity contribution is 6.25. The lowest BCUT2D eigenvalue weighted by Crippen LogP contribution is -2.56. The molecule has 2 N–H and O–H groups in total. The average molecular weight is 402 g/mol. The third kappa shape index (κ3) is 3.70. The summed E-state index contributed by atoms with van der Waals surface area (Å²) in [7, 11) is 3.22. The maximum atomic E-state index is 12.9. The monoisotopic (exact) mass is 402 g/mol. The molecule has 1 unspecified atom stereocenters. The highest BCUT2D eigenvalue weighted by atomic mass is 16.5. The Bertz CT molecular complexity index is 883. The summed E-state index contributed by atoms with van der Waals surface area (Å²) in [5.41, 5.74) is 0.937. The van der Waals surface area contributed by atoms with Crippen LogP contribution < -0.4 is 10.6 Å². The fraction of sp³-hybridized carbons (Fsp3) is 0.421. The molecule has 2 heterocycles. The molecule has 10 heteroatoms. The standard InChI is InChI=1S/C19H22N4O6/c1-20-10-15(25)29-9-8-22-14(24)7-6-13(18(22)27)23-17(26)11-4-3-5-12(21-2)16(11)19(23)28/h3-5,13,20-21H,6-10H2,1-2H3. The first-order valence-electron chi connectivity index (χ1n) is 9.23. The molecule has 1 aromatic carbocycles. The van der Waals surface area contributed by atoms with Crippen molar-refractivity contribution in [2.75, 3.05) is 39.1 Å². The van der Waals surface area contributed by atoms with Crippen molar-refractivity contribution in [1.82, 2.24) is 15.1 Å². The van der Waals surface area contributed by atoms with E-state index in [9.17, 15) is 24.0 Å². The molecule has 0 aliphatic carbocycles. The van der Waals surface area contributed by atoms with Gasteiger partial charge in [-0.05, 0) is 25.6 Å². The molecule has 10 nitrogen and oxygen atoms in total. The number of amides is 4. The fourth-order valence-electron chi connectivity index (χ4n) is 3.54. The molecule has 4 amide bonds. The first-order chi connectivity index (χ1) is 13.9. The van der Waals surface area contributed by atoms with E-state index in [2.05, 4.69) is 10.6 Å². The molecule has 154 valence electrons. The van der Waals surface area contributed by atoms with Crippen molar-refractivity contribution < 1.29 is 28.7 Å². The zero-order valence-corrected chi connectivity index (χ0v) is 16.2. The lowest BCUT2D eigenvalue weighted by Gasteiger charge is -2.34. The van der Waals surface area contributed by atoms with E-state index in [0.29, 0.717) is 5.69 Å². The van der Waals surface area contributed by atoms with E-state index < -0.39 is 35.6 Å². The Hall–Kier alpha value is -3.27. The fourth-order valence-corrected chi connectivity index (χ4v) is 3.54. The van der Waals surface area contributed by atoms with Crippen LogP contribution in [0.15, 0.2) is 18.2 Å². The van der Waals surface area contributed by atoms with Gasteiger partial charge in [0.05, 0.1) is 24.2 Å². The van der Waals surface area contributed by atoms with E-state index >= 15 is 0 Å². The normalized spacial score (nSPS) is 18.9. The van der Waals surface area contributed by atoms with Gasteiger partial charge in [0, 0.05) is 19.2 Å². The minimum atomic E-state index is -1.07. The summed E-state index contributed by atoms with van der Waals surface area (Å²) in [5.74, 6) is -2.71. The number of likely N-dealkylation sites (tertiary alicyclic amines) is 1. The third-order valence-electron chi connectivity index (χ3n) is 4.91. The molecule has 3 rings (SSSR count). The Morgan fingerprint density at radius 2 is 1.93 bits per heavy atom. The molecule has 1 saturated heterocycles. The number of likely N-dealkylation sites (N-methyl/N-ethyl adjacent to an activating group) is 1. The van der Waals surface area contributed by atoms with Crippen LogP contribution in [0.25, 0.3) is 0 Å². The Morgan fingerprint density at radius 3 is 2.62 bits per heavy atom. The van der Waals surface area contributed by atoms with Crippen LogP contribution >= 0.6 is 0 Å². The van der Waals surface area contributed by atoms with E-state index in [1.165, 1.54) is 6.07 Å². The number of anilines is 1. The smallest absolute Gasteiger partial charge is 0.319 e. The van der Waals surface area contributed by atoms with Crippen LogP contribution in [0.5, 0.6) is 0 Å². The SMILES string of the molecule is CNCC(=O)OCCN1C(=O)CCC(N2C(=O)c3cccc(NC)c3C2=O)C1=O. The van der Waals surface area contributed by atoms with Crippen molar-refractivity contribution in [2.24, 2.45) is 0 Å². The quantitative estimate of drug-likeness (QED) is 0.466. The minimum Gasteiger partial charge on any atom is -0.463 e. The number of hydrogen-bond acceptors (Lipinski definition) is 8. The molecule has 2 aliphatic rings. The van der Waals surface area contributed by atoms with Gasteiger partial charge in [0.25, 0.3) is 17.7 Å². The zero-order chi connectivity index (χ0) is 21.1. The summed E-state index contributed by atoms with van der Waals surface area (Å²) in [6.45, 7) is -0.279. The molecule has 1 atom stereocenters. The number of benzene rings is 1. The predicted molar refractivity (Wildman–Crippen MR) is 101 cm³/mol. The van der Waals surface area contributed by atoms with Crippen molar-refractivity contribution in [1.29, 1.82) is 0 Å². The lowest BCUT2D eigenvalue weighted by molar-refractivity contribution is -0.155. The maximum absolute atomic E-state index is 12.9. The maximum Gasteiger partial charge on any atom is 0.319 e. The third-order valence-corrected chi connectivity index (χ3v) is 4.91. The van der Waals surface area contributed by atoms with Crippen LogP contribution in [-0.2, 0) is 19.1 Å². The number of imide groups is 2. The number of nitrogens with zero attached hydrogens (tertiary/aromatic N) is 2. The van der Waals surface area contributed by atoms with Crippen molar-refractivity contribution in [3.8, 4) is 0 Å².